The Hall–Kier alpha value is -1.09. The number of hydrogen-bond donors (Lipinski definition) is 1. The van der Waals surface area contributed by atoms with Gasteiger partial charge in [-0.05, 0) is 0 Å². The number of nitrogens with zero attached hydrogens (tertiary/aromatic N) is 2. The fourth-order valence-corrected chi connectivity index (χ4v) is 0.687. The van der Waals surface area contributed by atoms with Gasteiger partial charge in [0.1, 0.15) is 0 Å². The lowest BCUT2D eigenvalue weighted by Gasteiger charge is -1.92. The predicted octanol–water partition coefficient (Wildman–Crippen LogP) is 0.398. The zero-order chi connectivity index (χ0) is 7.23. The van der Waals surface area contributed by atoms with Crippen molar-refractivity contribution in [3.8, 4) is 0 Å². The van der Waals surface area contributed by atoms with Gasteiger partial charge in [0.15, 0.2) is 0 Å². The molecule has 2 N–H and O–H groups in total. The predicted molar refractivity (Wildman–Crippen MR) is 40.4 cm³/mol. The van der Waals surface area contributed by atoms with Crippen LogP contribution < -0.4 is 5.73 Å². The minimum atomic E-state index is 0.606. The van der Waals surface area contributed by atoms with E-state index >= 15 is 0 Å². The smallest absolute Gasteiger partial charge is 0.0948 e. The van der Waals surface area contributed by atoms with E-state index in [2.05, 4.69) is 4.98 Å². The van der Waals surface area contributed by atoms with E-state index in [1.807, 2.05) is 22.9 Å². The van der Waals surface area contributed by atoms with Crippen molar-refractivity contribution in [3.05, 3.63) is 30.9 Å². The maximum absolute atomic E-state index is 5.26. The molecule has 1 heterocycles. The van der Waals surface area contributed by atoms with Crippen LogP contribution in [0.3, 0.4) is 0 Å². The van der Waals surface area contributed by atoms with E-state index in [4.69, 9.17) is 5.73 Å². The summed E-state index contributed by atoms with van der Waals surface area (Å²) in [6.07, 6.45) is 9.40. The summed E-state index contributed by atoms with van der Waals surface area (Å²) in [5, 5.41) is 0. The van der Waals surface area contributed by atoms with Crippen LogP contribution in [0.1, 0.15) is 0 Å². The van der Waals surface area contributed by atoms with Crippen molar-refractivity contribution in [3.63, 3.8) is 0 Å². The molecule has 0 atom stereocenters. The number of rotatable bonds is 3. The molecule has 0 aliphatic carbocycles. The van der Waals surface area contributed by atoms with Crippen LogP contribution in [0.4, 0.5) is 0 Å². The van der Waals surface area contributed by atoms with Gasteiger partial charge in [-0.3, -0.25) is 0 Å². The Morgan fingerprint density at radius 1 is 1.50 bits per heavy atom. The van der Waals surface area contributed by atoms with Crippen LogP contribution in [-0.2, 0) is 6.54 Å². The van der Waals surface area contributed by atoms with Crippen molar-refractivity contribution in [2.45, 2.75) is 6.54 Å². The number of allylic oxidation sites excluding steroid dienone is 1. The van der Waals surface area contributed by atoms with Gasteiger partial charge in [0.2, 0.25) is 0 Å². The first-order valence-electron chi connectivity index (χ1n) is 3.24. The molecule has 0 aliphatic rings. The van der Waals surface area contributed by atoms with Gasteiger partial charge in [-0.2, -0.15) is 0 Å². The summed E-state index contributed by atoms with van der Waals surface area (Å²) in [4.78, 5) is 3.90. The molecule has 1 aromatic rings. The van der Waals surface area contributed by atoms with Gasteiger partial charge in [0, 0.05) is 25.5 Å². The quantitative estimate of drug-likeness (QED) is 0.613. The molecule has 0 fully saturated rings. The second kappa shape index (κ2) is 3.85. The molecule has 1 aromatic heterocycles. The Morgan fingerprint density at radius 3 is 3.00 bits per heavy atom. The van der Waals surface area contributed by atoms with Crippen LogP contribution in [0.2, 0.25) is 0 Å². The lowest BCUT2D eigenvalue weighted by molar-refractivity contribution is 0.818. The highest BCUT2D eigenvalue weighted by Gasteiger charge is 1.81. The summed E-state index contributed by atoms with van der Waals surface area (Å²) < 4.78 is 1.98. The fourth-order valence-electron chi connectivity index (χ4n) is 0.687. The van der Waals surface area contributed by atoms with E-state index < -0.39 is 0 Å². The Labute approximate surface area is 60.2 Å². The van der Waals surface area contributed by atoms with E-state index in [1.54, 1.807) is 12.5 Å². The van der Waals surface area contributed by atoms with E-state index in [9.17, 15) is 0 Å². The maximum atomic E-state index is 5.26. The first-order chi connectivity index (χ1) is 4.93. The summed E-state index contributed by atoms with van der Waals surface area (Å²) >= 11 is 0. The van der Waals surface area contributed by atoms with E-state index in [1.165, 1.54) is 0 Å². The van der Waals surface area contributed by atoms with Crippen LogP contribution in [0, 0.1) is 0 Å². The van der Waals surface area contributed by atoms with Crippen LogP contribution in [0.15, 0.2) is 30.9 Å². The molecule has 0 saturated carbocycles. The minimum Gasteiger partial charge on any atom is -0.334 e. The van der Waals surface area contributed by atoms with Gasteiger partial charge in [-0.15, -0.1) is 0 Å². The molecule has 0 bridgehead atoms. The number of aromatic nitrogens is 2. The molecular weight excluding hydrogens is 126 g/mol. The molecule has 0 saturated heterocycles. The standard InChI is InChI=1S/C7H11N3/c8-3-1-2-5-10-6-4-9-7-10/h1-2,4,6-7H,3,5,8H2/b2-1+. The Kier molecular flexibility index (Phi) is 2.70. The average molecular weight is 137 g/mol. The topological polar surface area (TPSA) is 43.8 Å². The summed E-state index contributed by atoms with van der Waals surface area (Å²) in [6.45, 7) is 1.46. The fraction of sp³-hybridized carbons (Fsp3) is 0.286. The summed E-state index contributed by atoms with van der Waals surface area (Å²) in [7, 11) is 0. The SMILES string of the molecule is NC/C=C/Cn1ccnc1. The van der Waals surface area contributed by atoms with Gasteiger partial charge in [0.05, 0.1) is 6.33 Å². The summed E-state index contributed by atoms with van der Waals surface area (Å²) in [6, 6.07) is 0. The van der Waals surface area contributed by atoms with Gasteiger partial charge in [0.25, 0.3) is 0 Å². The van der Waals surface area contributed by atoms with Crippen LogP contribution in [0.5, 0.6) is 0 Å². The minimum absolute atomic E-state index is 0.606. The third-order valence-corrected chi connectivity index (χ3v) is 1.18. The molecule has 0 radical (unpaired) electrons. The van der Waals surface area contributed by atoms with Crippen molar-refractivity contribution in [1.29, 1.82) is 0 Å². The first kappa shape index (κ1) is 7.02. The van der Waals surface area contributed by atoms with Gasteiger partial charge in [-0.25, -0.2) is 4.98 Å². The monoisotopic (exact) mass is 137 g/mol. The van der Waals surface area contributed by atoms with Gasteiger partial charge in [-0.1, -0.05) is 12.2 Å². The molecule has 0 aliphatic heterocycles. The van der Waals surface area contributed by atoms with Gasteiger partial charge >= 0.3 is 0 Å². The Balaban J connectivity index is 2.34. The molecule has 3 nitrogen and oxygen atoms in total. The molecule has 10 heavy (non-hydrogen) atoms. The molecule has 54 valence electrons. The maximum Gasteiger partial charge on any atom is 0.0948 e. The average Bonchev–Trinajstić information content (AvgIpc) is 2.41. The largest absolute Gasteiger partial charge is 0.334 e. The van der Waals surface area contributed by atoms with Crippen LogP contribution in [0.25, 0.3) is 0 Å². The zero-order valence-corrected chi connectivity index (χ0v) is 5.77. The Bertz CT molecular complexity index is 189. The van der Waals surface area contributed by atoms with Crippen molar-refractivity contribution in [1.82, 2.24) is 9.55 Å². The van der Waals surface area contributed by atoms with Crippen LogP contribution in [-0.4, -0.2) is 16.1 Å². The molecular formula is C7H11N3. The van der Waals surface area contributed by atoms with E-state index in [-0.39, 0.29) is 0 Å². The summed E-state index contributed by atoms with van der Waals surface area (Å²) in [5.41, 5.74) is 5.26. The second-order valence-corrected chi connectivity index (χ2v) is 1.97. The van der Waals surface area contributed by atoms with Crippen molar-refractivity contribution >= 4 is 0 Å². The lowest BCUT2D eigenvalue weighted by atomic mass is 10.5. The zero-order valence-electron chi connectivity index (χ0n) is 5.77. The number of nitrogens with two attached hydrogens (primary N) is 1. The normalized spacial score (nSPS) is 10.9. The molecule has 1 rings (SSSR count). The molecule has 3 heteroatoms. The molecule has 0 spiro atoms. The summed E-state index contributed by atoms with van der Waals surface area (Å²) in [5.74, 6) is 0. The Morgan fingerprint density at radius 2 is 2.40 bits per heavy atom. The van der Waals surface area contributed by atoms with Crippen molar-refractivity contribution in [2.75, 3.05) is 6.54 Å². The van der Waals surface area contributed by atoms with Crippen molar-refractivity contribution in [2.24, 2.45) is 5.73 Å². The number of imidazole rings is 1. The molecule has 0 aromatic carbocycles. The highest BCUT2D eigenvalue weighted by molar-refractivity contribution is 4.85. The third kappa shape index (κ3) is 2.03. The van der Waals surface area contributed by atoms with Gasteiger partial charge < -0.3 is 10.3 Å². The molecule has 0 unspecified atom stereocenters. The highest BCUT2D eigenvalue weighted by Crippen LogP contribution is 1.85. The number of hydrogen-bond acceptors (Lipinski definition) is 2. The lowest BCUT2D eigenvalue weighted by Crippen LogP contribution is -1.95. The first-order valence-corrected chi connectivity index (χ1v) is 3.24. The van der Waals surface area contributed by atoms with Crippen molar-refractivity contribution < 1.29 is 0 Å². The van der Waals surface area contributed by atoms with E-state index in [0.29, 0.717) is 6.54 Å². The second-order valence-electron chi connectivity index (χ2n) is 1.97. The van der Waals surface area contributed by atoms with Crippen LogP contribution >= 0.6 is 0 Å². The third-order valence-electron chi connectivity index (χ3n) is 1.18. The molecule has 0 amide bonds. The highest BCUT2D eigenvalue weighted by atomic mass is 15.0. The van der Waals surface area contributed by atoms with E-state index in [0.717, 1.165) is 6.54 Å².